The van der Waals surface area contributed by atoms with Crippen LogP contribution < -0.4 is 4.72 Å². The maximum atomic E-state index is 13.1. The number of nitrogens with zero attached hydrogens (tertiary/aromatic N) is 3. The Kier molecular flexibility index (Phi) is 6.03. The first-order chi connectivity index (χ1) is 16.2. The van der Waals surface area contributed by atoms with Gasteiger partial charge >= 0.3 is 11.9 Å². The number of pyridine rings is 1. The molecule has 0 aliphatic carbocycles. The van der Waals surface area contributed by atoms with E-state index in [2.05, 4.69) is 14.8 Å². The van der Waals surface area contributed by atoms with Crippen molar-refractivity contribution in [3.05, 3.63) is 77.5 Å². The van der Waals surface area contributed by atoms with Crippen LogP contribution in [0.5, 0.6) is 0 Å². The van der Waals surface area contributed by atoms with Gasteiger partial charge < -0.3 is 9.84 Å². The highest BCUT2D eigenvalue weighted by Crippen LogP contribution is 2.26. The summed E-state index contributed by atoms with van der Waals surface area (Å²) in [7, 11) is -4.22. The van der Waals surface area contributed by atoms with Gasteiger partial charge in [-0.15, -0.1) is 0 Å². The topological polar surface area (TPSA) is 140 Å². The zero-order valence-electron chi connectivity index (χ0n) is 18.2. The molecule has 0 aliphatic heterocycles. The molecular weight excluding hydrogens is 460 g/mol. The molecule has 4 rings (SSSR count). The Hall–Kier alpha value is -4.25. The minimum absolute atomic E-state index is 0.0629. The lowest BCUT2D eigenvalue weighted by Crippen LogP contribution is -2.19. The third-order valence-corrected chi connectivity index (χ3v) is 6.39. The number of fused-ring (bicyclic) bond motifs is 1. The Morgan fingerprint density at radius 2 is 1.82 bits per heavy atom. The van der Waals surface area contributed by atoms with E-state index in [1.54, 1.807) is 13.0 Å². The van der Waals surface area contributed by atoms with Gasteiger partial charge in [0, 0.05) is 5.39 Å². The van der Waals surface area contributed by atoms with Crippen molar-refractivity contribution in [1.82, 2.24) is 14.8 Å². The van der Waals surface area contributed by atoms with Crippen LogP contribution in [-0.4, -0.2) is 46.8 Å². The Balaban J connectivity index is 1.83. The number of esters is 1. The third-order valence-electron chi connectivity index (χ3n) is 5.03. The molecule has 2 aromatic carbocycles. The number of aryl methyl sites for hydroxylation is 1. The largest absolute Gasteiger partial charge is 0.478 e. The fraction of sp³-hybridized carbons (Fsp3) is 0.130. The first kappa shape index (κ1) is 22.9. The number of carboxylic acids is 1. The van der Waals surface area contributed by atoms with Gasteiger partial charge in [0.15, 0.2) is 11.6 Å². The molecule has 11 heteroatoms. The molecule has 0 fully saturated rings. The number of ether oxygens (including phenoxy) is 1. The normalized spacial score (nSPS) is 11.4. The van der Waals surface area contributed by atoms with Gasteiger partial charge in [-0.2, -0.15) is 9.78 Å². The number of carbonyl (C=O) groups is 2. The minimum Gasteiger partial charge on any atom is -0.478 e. The first-order valence-corrected chi connectivity index (χ1v) is 11.7. The van der Waals surface area contributed by atoms with Crippen molar-refractivity contribution in [2.24, 2.45) is 0 Å². The van der Waals surface area contributed by atoms with Crippen molar-refractivity contribution < 1.29 is 27.9 Å². The van der Waals surface area contributed by atoms with Gasteiger partial charge in [0.1, 0.15) is 5.56 Å². The molecule has 0 aliphatic rings. The van der Waals surface area contributed by atoms with E-state index in [-0.39, 0.29) is 28.4 Å². The third kappa shape index (κ3) is 4.33. The number of sulfonamides is 1. The van der Waals surface area contributed by atoms with E-state index < -0.39 is 22.0 Å². The first-order valence-electron chi connectivity index (χ1n) is 10.2. The molecule has 0 bridgehead atoms. The fourth-order valence-corrected chi connectivity index (χ4v) is 4.44. The Bertz CT molecular complexity index is 1510. The highest BCUT2D eigenvalue weighted by Gasteiger charge is 2.26. The monoisotopic (exact) mass is 480 g/mol. The van der Waals surface area contributed by atoms with Crippen molar-refractivity contribution in [3.8, 4) is 5.82 Å². The molecule has 0 spiro atoms. The quantitative estimate of drug-likeness (QED) is 0.384. The summed E-state index contributed by atoms with van der Waals surface area (Å²) in [5, 5.41) is 14.2. The number of rotatable bonds is 7. The number of benzene rings is 2. The van der Waals surface area contributed by atoms with Gasteiger partial charge in [-0.3, -0.25) is 4.72 Å². The van der Waals surface area contributed by atoms with E-state index in [9.17, 15) is 18.0 Å². The van der Waals surface area contributed by atoms with Crippen LogP contribution in [0.3, 0.4) is 0 Å². The minimum atomic E-state index is -4.22. The molecule has 0 unspecified atom stereocenters. The lowest BCUT2D eigenvalue weighted by atomic mass is 10.1. The van der Waals surface area contributed by atoms with Gasteiger partial charge in [0.05, 0.1) is 28.8 Å². The summed E-state index contributed by atoms with van der Waals surface area (Å²) in [6.07, 6.45) is 1.20. The van der Waals surface area contributed by atoms with Crippen LogP contribution >= 0.6 is 0 Å². The predicted molar refractivity (Wildman–Crippen MR) is 124 cm³/mol. The summed E-state index contributed by atoms with van der Waals surface area (Å²) >= 11 is 0. The number of carboxylic acid groups (broad SMARTS) is 1. The van der Waals surface area contributed by atoms with E-state index in [0.29, 0.717) is 11.3 Å². The fourth-order valence-electron chi connectivity index (χ4n) is 3.38. The molecule has 34 heavy (non-hydrogen) atoms. The van der Waals surface area contributed by atoms with Gasteiger partial charge in [0.25, 0.3) is 10.0 Å². The van der Waals surface area contributed by atoms with E-state index in [0.717, 1.165) is 23.1 Å². The number of anilines is 1. The standard InChI is InChI=1S/C23H20N4O6S/c1-3-33-23(30)18-13-24-27(20-12-14(2)17-6-4-5-7-19(17)25-20)21(18)26-34(31,32)16-10-8-15(9-11-16)22(28)29/h4-13,26H,3H2,1-2H3,(H,28,29). The number of para-hydroxylation sites is 1. The van der Waals surface area contributed by atoms with Crippen molar-refractivity contribution >= 4 is 38.7 Å². The maximum absolute atomic E-state index is 13.1. The van der Waals surface area contributed by atoms with Crippen LogP contribution in [0.25, 0.3) is 16.7 Å². The second kappa shape index (κ2) is 8.94. The van der Waals surface area contributed by atoms with Crippen LogP contribution in [-0.2, 0) is 14.8 Å². The van der Waals surface area contributed by atoms with Crippen molar-refractivity contribution in [1.29, 1.82) is 0 Å². The Morgan fingerprint density at radius 3 is 2.50 bits per heavy atom. The van der Waals surface area contributed by atoms with Crippen molar-refractivity contribution in [3.63, 3.8) is 0 Å². The summed E-state index contributed by atoms with van der Waals surface area (Å²) in [4.78, 5) is 28.0. The Morgan fingerprint density at radius 1 is 1.12 bits per heavy atom. The van der Waals surface area contributed by atoms with E-state index in [4.69, 9.17) is 9.84 Å². The number of hydrogen-bond donors (Lipinski definition) is 2. The molecule has 2 aromatic heterocycles. The molecule has 0 atom stereocenters. The van der Waals surface area contributed by atoms with Crippen LogP contribution in [0.1, 0.15) is 33.2 Å². The summed E-state index contributed by atoms with van der Waals surface area (Å²) in [6, 6.07) is 13.8. The van der Waals surface area contributed by atoms with Gasteiger partial charge in [0.2, 0.25) is 0 Å². The van der Waals surface area contributed by atoms with Gasteiger partial charge in [-0.05, 0) is 55.8 Å². The van der Waals surface area contributed by atoms with Crippen LogP contribution in [0.15, 0.2) is 65.7 Å². The smallest absolute Gasteiger partial charge is 0.343 e. The molecular formula is C23H20N4O6S. The summed E-state index contributed by atoms with van der Waals surface area (Å²) in [5.41, 5.74) is 1.39. The molecule has 0 saturated carbocycles. The highest BCUT2D eigenvalue weighted by atomic mass is 32.2. The number of aromatic carboxylic acids is 1. The Labute approximate surface area is 194 Å². The van der Waals surface area contributed by atoms with Gasteiger partial charge in [-0.25, -0.2) is 23.0 Å². The van der Waals surface area contributed by atoms with Crippen LogP contribution in [0.4, 0.5) is 5.82 Å². The second-order valence-electron chi connectivity index (χ2n) is 7.29. The molecule has 0 saturated heterocycles. The zero-order chi connectivity index (χ0) is 24.5. The lowest BCUT2D eigenvalue weighted by molar-refractivity contribution is 0.0527. The second-order valence-corrected chi connectivity index (χ2v) is 8.97. The van der Waals surface area contributed by atoms with E-state index >= 15 is 0 Å². The number of aromatic nitrogens is 3. The van der Waals surface area contributed by atoms with E-state index in [1.165, 1.54) is 23.0 Å². The molecule has 10 nitrogen and oxygen atoms in total. The molecule has 2 N–H and O–H groups in total. The maximum Gasteiger partial charge on any atom is 0.343 e. The predicted octanol–water partition coefficient (Wildman–Crippen LogP) is 3.40. The summed E-state index contributed by atoms with van der Waals surface area (Å²) in [5.74, 6) is -1.80. The van der Waals surface area contributed by atoms with Gasteiger partial charge in [-0.1, -0.05) is 18.2 Å². The van der Waals surface area contributed by atoms with Crippen molar-refractivity contribution in [2.75, 3.05) is 11.3 Å². The van der Waals surface area contributed by atoms with Crippen LogP contribution in [0, 0.1) is 6.92 Å². The highest BCUT2D eigenvalue weighted by molar-refractivity contribution is 7.92. The number of carbonyl (C=O) groups excluding carboxylic acids is 1. The summed E-state index contributed by atoms with van der Waals surface area (Å²) < 4.78 is 34.9. The average Bonchev–Trinajstić information content (AvgIpc) is 3.22. The average molecular weight is 481 g/mol. The summed E-state index contributed by atoms with van der Waals surface area (Å²) in [6.45, 7) is 3.60. The zero-order valence-corrected chi connectivity index (χ0v) is 19.0. The van der Waals surface area contributed by atoms with Crippen molar-refractivity contribution in [2.45, 2.75) is 18.7 Å². The lowest BCUT2D eigenvalue weighted by Gasteiger charge is -2.13. The molecule has 0 radical (unpaired) electrons. The number of nitrogens with one attached hydrogen (secondary N) is 1. The molecule has 0 amide bonds. The number of hydrogen-bond acceptors (Lipinski definition) is 7. The van der Waals surface area contributed by atoms with E-state index in [1.807, 2.05) is 31.2 Å². The molecule has 2 heterocycles. The SMILES string of the molecule is CCOC(=O)c1cnn(-c2cc(C)c3ccccc3n2)c1NS(=O)(=O)c1ccc(C(=O)O)cc1. The molecule has 4 aromatic rings. The van der Waals surface area contributed by atoms with Crippen LogP contribution in [0.2, 0.25) is 0 Å². The molecule has 174 valence electrons.